The smallest absolute Gasteiger partial charge is 0.255 e. The predicted molar refractivity (Wildman–Crippen MR) is 60.0 cm³/mol. The Balaban J connectivity index is 1.88. The zero-order chi connectivity index (χ0) is 11.5. The minimum Gasteiger partial charge on any atom is -0.378 e. The molecule has 0 aliphatic carbocycles. The summed E-state index contributed by atoms with van der Waals surface area (Å²) in [6.45, 7) is 3.04. The highest BCUT2D eigenvalue weighted by Gasteiger charge is 2.14. The Labute approximate surface area is 98.1 Å². The van der Waals surface area contributed by atoms with Gasteiger partial charge in [-0.3, -0.25) is 0 Å². The topological polar surface area (TPSA) is 69.0 Å². The van der Waals surface area contributed by atoms with E-state index in [4.69, 9.17) is 4.74 Å². The van der Waals surface area contributed by atoms with E-state index in [0.717, 1.165) is 13.1 Å². The standard InChI is InChI=1S/C10H12N6O/c1-2-13-16(3-1)10-12-8-11-9(14-10)15-4-6-17-7-5-15/h1-3,8H,4-7H2. The third-order valence-corrected chi connectivity index (χ3v) is 2.55. The number of rotatable bonds is 2. The molecule has 17 heavy (non-hydrogen) atoms. The maximum Gasteiger partial charge on any atom is 0.255 e. The van der Waals surface area contributed by atoms with Crippen LogP contribution in [-0.2, 0) is 4.74 Å². The molecule has 0 N–H and O–H groups in total. The van der Waals surface area contributed by atoms with Gasteiger partial charge in [-0.2, -0.15) is 15.1 Å². The van der Waals surface area contributed by atoms with Crippen LogP contribution in [0.1, 0.15) is 0 Å². The van der Waals surface area contributed by atoms with Crippen molar-refractivity contribution in [2.75, 3.05) is 31.2 Å². The fourth-order valence-corrected chi connectivity index (χ4v) is 1.69. The van der Waals surface area contributed by atoms with Crippen molar-refractivity contribution < 1.29 is 4.74 Å². The summed E-state index contributed by atoms with van der Waals surface area (Å²) >= 11 is 0. The van der Waals surface area contributed by atoms with E-state index in [0.29, 0.717) is 25.1 Å². The summed E-state index contributed by atoms with van der Waals surface area (Å²) in [5.74, 6) is 1.21. The zero-order valence-corrected chi connectivity index (χ0v) is 9.23. The van der Waals surface area contributed by atoms with Crippen LogP contribution >= 0.6 is 0 Å². The molecule has 0 atom stereocenters. The lowest BCUT2D eigenvalue weighted by Crippen LogP contribution is -2.37. The monoisotopic (exact) mass is 232 g/mol. The van der Waals surface area contributed by atoms with E-state index < -0.39 is 0 Å². The van der Waals surface area contributed by atoms with Crippen LogP contribution in [0.25, 0.3) is 5.95 Å². The molecule has 1 saturated heterocycles. The molecule has 2 aromatic rings. The molecule has 3 rings (SSSR count). The van der Waals surface area contributed by atoms with Crippen molar-refractivity contribution in [2.24, 2.45) is 0 Å². The lowest BCUT2D eigenvalue weighted by atomic mass is 10.4. The highest BCUT2D eigenvalue weighted by Crippen LogP contribution is 2.09. The van der Waals surface area contributed by atoms with Gasteiger partial charge in [-0.15, -0.1) is 0 Å². The molecule has 2 aromatic heterocycles. The van der Waals surface area contributed by atoms with Gasteiger partial charge in [0.05, 0.1) is 13.2 Å². The summed E-state index contributed by atoms with van der Waals surface area (Å²) in [6, 6.07) is 1.83. The Kier molecular flexibility index (Phi) is 2.66. The van der Waals surface area contributed by atoms with Gasteiger partial charge in [-0.05, 0) is 6.07 Å². The second kappa shape index (κ2) is 4.46. The number of morpholine rings is 1. The van der Waals surface area contributed by atoms with Crippen molar-refractivity contribution in [3.63, 3.8) is 0 Å². The minimum absolute atomic E-state index is 0.534. The SMILES string of the molecule is c1cnn(-c2ncnc(N3CCOCC3)n2)c1. The van der Waals surface area contributed by atoms with E-state index in [2.05, 4.69) is 25.0 Å². The van der Waals surface area contributed by atoms with Crippen molar-refractivity contribution in [1.29, 1.82) is 0 Å². The Morgan fingerprint density at radius 1 is 1.12 bits per heavy atom. The zero-order valence-electron chi connectivity index (χ0n) is 9.23. The van der Waals surface area contributed by atoms with E-state index in [-0.39, 0.29) is 0 Å². The third-order valence-electron chi connectivity index (χ3n) is 2.55. The average molecular weight is 232 g/mol. The second-order valence-electron chi connectivity index (χ2n) is 3.64. The number of ether oxygens (including phenoxy) is 1. The van der Waals surface area contributed by atoms with E-state index in [9.17, 15) is 0 Å². The van der Waals surface area contributed by atoms with Gasteiger partial charge in [0, 0.05) is 25.5 Å². The highest BCUT2D eigenvalue weighted by molar-refractivity contribution is 5.31. The normalized spacial score (nSPS) is 16.1. The van der Waals surface area contributed by atoms with E-state index in [1.807, 2.05) is 6.07 Å². The first kappa shape index (κ1) is 10.2. The van der Waals surface area contributed by atoms with Crippen LogP contribution in [0.2, 0.25) is 0 Å². The molecule has 88 valence electrons. The van der Waals surface area contributed by atoms with Crippen molar-refractivity contribution in [1.82, 2.24) is 24.7 Å². The van der Waals surface area contributed by atoms with E-state index >= 15 is 0 Å². The fraction of sp³-hybridized carbons (Fsp3) is 0.400. The number of nitrogens with zero attached hydrogens (tertiary/aromatic N) is 6. The summed E-state index contributed by atoms with van der Waals surface area (Å²) in [5, 5.41) is 4.09. The summed E-state index contributed by atoms with van der Waals surface area (Å²) in [7, 11) is 0. The van der Waals surface area contributed by atoms with Gasteiger partial charge in [0.1, 0.15) is 6.33 Å². The van der Waals surface area contributed by atoms with Gasteiger partial charge in [0.25, 0.3) is 5.95 Å². The number of hydrogen-bond acceptors (Lipinski definition) is 6. The van der Waals surface area contributed by atoms with Gasteiger partial charge in [0.15, 0.2) is 0 Å². The Bertz CT molecular complexity index is 479. The number of aromatic nitrogens is 5. The molecule has 1 fully saturated rings. The molecule has 1 aliphatic heterocycles. The van der Waals surface area contributed by atoms with Crippen LogP contribution in [0, 0.1) is 0 Å². The molecule has 3 heterocycles. The van der Waals surface area contributed by atoms with Crippen molar-refractivity contribution in [3.05, 3.63) is 24.8 Å². The van der Waals surface area contributed by atoms with Crippen LogP contribution in [0.5, 0.6) is 0 Å². The molecule has 7 nitrogen and oxygen atoms in total. The molecular formula is C10H12N6O. The van der Waals surface area contributed by atoms with Gasteiger partial charge < -0.3 is 9.64 Å². The third kappa shape index (κ3) is 2.09. The average Bonchev–Trinajstić information content (AvgIpc) is 2.94. The largest absolute Gasteiger partial charge is 0.378 e. The van der Waals surface area contributed by atoms with E-state index in [1.54, 1.807) is 17.1 Å². The molecule has 7 heteroatoms. The number of hydrogen-bond donors (Lipinski definition) is 0. The first-order valence-corrected chi connectivity index (χ1v) is 5.45. The molecule has 0 aromatic carbocycles. The molecule has 0 spiro atoms. The molecule has 0 saturated carbocycles. The van der Waals surface area contributed by atoms with Gasteiger partial charge in [-0.1, -0.05) is 0 Å². The molecule has 0 bridgehead atoms. The van der Waals surface area contributed by atoms with Crippen LogP contribution in [0.4, 0.5) is 5.95 Å². The van der Waals surface area contributed by atoms with Crippen molar-refractivity contribution in [2.45, 2.75) is 0 Å². The van der Waals surface area contributed by atoms with Crippen molar-refractivity contribution >= 4 is 5.95 Å². The van der Waals surface area contributed by atoms with E-state index in [1.165, 1.54) is 6.33 Å². The summed E-state index contributed by atoms with van der Waals surface area (Å²) < 4.78 is 6.91. The molecule has 0 amide bonds. The van der Waals surface area contributed by atoms with Crippen LogP contribution in [0.3, 0.4) is 0 Å². The van der Waals surface area contributed by atoms with Crippen LogP contribution in [0.15, 0.2) is 24.8 Å². The molecule has 0 radical (unpaired) electrons. The maximum atomic E-state index is 5.29. The van der Waals surface area contributed by atoms with Crippen LogP contribution < -0.4 is 4.90 Å². The fourth-order valence-electron chi connectivity index (χ4n) is 1.69. The minimum atomic E-state index is 0.534. The molecular weight excluding hydrogens is 220 g/mol. The Hall–Kier alpha value is -2.02. The molecule has 0 unspecified atom stereocenters. The Morgan fingerprint density at radius 2 is 1.94 bits per heavy atom. The maximum absolute atomic E-state index is 5.29. The van der Waals surface area contributed by atoms with Gasteiger partial charge in [-0.25, -0.2) is 9.67 Å². The predicted octanol–water partition coefficient (Wildman–Crippen LogP) is -0.106. The van der Waals surface area contributed by atoms with Gasteiger partial charge in [0.2, 0.25) is 5.95 Å². The molecule has 1 aliphatic rings. The summed E-state index contributed by atoms with van der Waals surface area (Å²) in [6.07, 6.45) is 5.01. The second-order valence-corrected chi connectivity index (χ2v) is 3.64. The summed E-state index contributed by atoms with van der Waals surface area (Å²) in [4.78, 5) is 14.7. The van der Waals surface area contributed by atoms with Crippen LogP contribution in [-0.4, -0.2) is 51.0 Å². The Morgan fingerprint density at radius 3 is 2.71 bits per heavy atom. The first-order chi connectivity index (χ1) is 8.43. The highest BCUT2D eigenvalue weighted by atomic mass is 16.5. The quantitative estimate of drug-likeness (QED) is 0.720. The lowest BCUT2D eigenvalue weighted by molar-refractivity contribution is 0.122. The van der Waals surface area contributed by atoms with Gasteiger partial charge >= 0.3 is 0 Å². The van der Waals surface area contributed by atoms with Crippen molar-refractivity contribution in [3.8, 4) is 5.95 Å². The lowest BCUT2D eigenvalue weighted by Gasteiger charge is -2.26. The summed E-state index contributed by atoms with van der Waals surface area (Å²) in [5.41, 5.74) is 0. The number of anilines is 1. The first-order valence-electron chi connectivity index (χ1n) is 5.45.